The molecular weight excluding hydrogens is 212 g/mol. The normalized spacial score (nSPS) is 11.4. The summed E-state index contributed by atoms with van der Waals surface area (Å²) in [5.74, 6) is 1.00. The van der Waals surface area contributed by atoms with Gasteiger partial charge in [-0.3, -0.25) is 4.68 Å². The topological polar surface area (TPSA) is 38.1 Å². The molecule has 0 aliphatic rings. The summed E-state index contributed by atoms with van der Waals surface area (Å²) in [4.78, 5) is 0. The van der Waals surface area contributed by atoms with E-state index in [-0.39, 0.29) is 0 Å². The number of rotatable bonds is 7. The minimum Gasteiger partial charge on any atom is -0.504 e. The van der Waals surface area contributed by atoms with Crippen LogP contribution in [0.25, 0.3) is 0 Å². The van der Waals surface area contributed by atoms with Crippen molar-refractivity contribution in [1.29, 1.82) is 0 Å². The molecule has 1 rings (SSSR count). The first kappa shape index (κ1) is 14.1. The molecule has 98 valence electrons. The number of hydrogen-bond donors (Lipinski definition) is 1. The van der Waals surface area contributed by atoms with Crippen LogP contribution in [-0.4, -0.2) is 14.9 Å². The zero-order chi connectivity index (χ0) is 12.8. The van der Waals surface area contributed by atoms with Gasteiger partial charge in [0, 0.05) is 6.54 Å². The molecule has 0 bridgehead atoms. The summed E-state index contributed by atoms with van der Waals surface area (Å²) in [5, 5.41) is 14.8. The van der Waals surface area contributed by atoms with Gasteiger partial charge in [-0.25, -0.2) is 0 Å². The molecule has 0 radical (unpaired) electrons. The lowest BCUT2D eigenvalue weighted by Crippen LogP contribution is -2.10. The molecule has 0 spiro atoms. The van der Waals surface area contributed by atoms with Crippen molar-refractivity contribution in [3.63, 3.8) is 0 Å². The summed E-state index contributed by atoms with van der Waals surface area (Å²) in [7, 11) is 0. The third-order valence-corrected chi connectivity index (χ3v) is 2.89. The molecule has 0 saturated heterocycles. The van der Waals surface area contributed by atoms with E-state index >= 15 is 0 Å². The quantitative estimate of drug-likeness (QED) is 0.789. The lowest BCUT2D eigenvalue weighted by Gasteiger charge is -2.09. The zero-order valence-electron chi connectivity index (χ0n) is 11.7. The molecule has 3 nitrogen and oxygen atoms in total. The van der Waals surface area contributed by atoms with Crippen LogP contribution in [0.5, 0.6) is 5.75 Å². The van der Waals surface area contributed by atoms with Crippen LogP contribution in [0.2, 0.25) is 0 Å². The lowest BCUT2D eigenvalue weighted by molar-refractivity contribution is 0.441. The molecule has 1 N–H and O–H groups in total. The van der Waals surface area contributed by atoms with Gasteiger partial charge < -0.3 is 5.11 Å². The van der Waals surface area contributed by atoms with Gasteiger partial charge in [0.1, 0.15) is 5.69 Å². The minimum absolute atomic E-state index is 0.445. The van der Waals surface area contributed by atoms with Crippen LogP contribution >= 0.6 is 0 Å². The first-order valence-corrected chi connectivity index (χ1v) is 6.87. The fraction of sp³-hybridized carbons (Fsp3) is 0.786. The van der Waals surface area contributed by atoms with E-state index in [1.54, 1.807) is 0 Å². The molecule has 3 heteroatoms. The highest BCUT2D eigenvalue weighted by atomic mass is 16.3. The first-order valence-electron chi connectivity index (χ1n) is 6.87. The van der Waals surface area contributed by atoms with Crippen molar-refractivity contribution in [1.82, 2.24) is 9.78 Å². The average molecular weight is 238 g/mol. The van der Waals surface area contributed by atoms with Gasteiger partial charge in [-0.15, -0.1) is 0 Å². The van der Waals surface area contributed by atoms with E-state index in [0.29, 0.717) is 11.7 Å². The maximum absolute atomic E-state index is 10.2. The van der Waals surface area contributed by atoms with Crippen LogP contribution in [0.1, 0.15) is 58.3 Å². The fourth-order valence-corrected chi connectivity index (χ4v) is 2.04. The van der Waals surface area contributed by atoms with Crippen molar-refractivity contribution in [3.8, 4) is 5.75 Å². The Labute approximate surface area is 105 Å². The largest absolute Gasteiger partial charge is 0.504 e. The van der Waals surface area contributed by atoms with E-state index in [2.05, 4.69) is 32.8 Å². The number of unbranched alkanes of at least 4 members (excludes halogenated alkanes) is 1. The van der Waals surface area contributed by atoms with Crippen LogP contribution < -0.4 is 0 Å². The molecule has 0 unspecified atom stereocenters. The summed E-state index contributed by atoms with van der Waals surface area (Å²) >= 11 is 0. The minimum atomic E-state index is 0.445. The van der Waals surface area contributed by atoms with Gasteiger partial charge in [-0.05, 0) is 25.2 Å². The van der Waals surface area contributed by atoms with Gasteiger partial charge in [0.25, 0.3) is 0 Å². The Morgan fingerprint density at radius 3 is 2.41 bits per heavy atom. The lowest BCUT2D eigenvalue weighted by atomic mass is 10.1. The standard InChI is InChI=1S/C14H26N2O/c1-5-7-9-13-14(17)12(8-6-2)15-16(13)10-11(3)4/h11,17H,5-10H2,1-4H3. The number of aromatic nitrogens is 2. The van der Waals surface area contributed by atoms with Gasteiger partial charge in [0.05, 0.1) is 5.69 Å². The Kier molecular flexibility index (Phi) is 5.52. The molecule has 1 heterocycles. The van der Waals surface area contributed by atoms with Crippen molar-refractivity contribution in [3.05, 3.63) is 11.4 Å². The Hall–Kier alpha value is -0.990. The van der Waals surface area contributed by atoms with E-state index in [9.17, 15) is 5.11 Å². The Balaban J connectivity index is 2.94. The second-order valence-corrected chi connectivity index (χ2v) is 5.17. The van der Waals surface area contributed by atoms with Gasteiger partial charge >= 0.3 is 0 Å². The van der Waals surface area contributed by atoms with E-state index in [0.717, 1.165) is 50.0 Å². The predicted molar refractivity (Wildman–Crippen MR) is 71.3 cm³/mol. The van der Waals surface area contributed by atoms with Crippen molar-refractivity contribution < 1.29 is 5.11 Å². The summed E-state index contributed by atoms with van der Waals surface area (Å²) in [5.41, 5.74) is 1.91. The molecule has 17 heavy (non-hydrogen) atoms. The van der Waals surface area contributed by atoms with E-state index in [1.807, 2.05) is 4.68 Å². The number of nitrogens with zero attached hydrogens (tertiary/aromatic N) is 2. The summed E-state index contributed by atoms with van der Waals surface area (Å²) in [6.45, 7) is 9.56. The maximum atomic E-state index is 10.2. The summed E-state index contributed by atoms with van der Waals surface area (Å²) < 4.78 is 2.01. The Morgan fingerprint density at radius 1 is 1.18 bits per heavy atom. The maximum Gasteiger partial charge on any atom is 0.160 e. The molecule has 0 amide bonds. The monoisotopic (exact) mass is 238 g/mol. The van der Waals surface area contributed by atoms with Crippen LogP contribution in [-0.2, 0) is 19.4 Å². The summed E-state index contributed by atoms with van der Waals surface area (Å²) in [6, 6.07) is 0. The second kappa shape index (κ2) is 6.67. The van der Waals surface area contributed by atoms with Crippen LogP contribution in [0.4, 0.5) is 0 Å². The zero-order valence-corrected chi connectivity index (χ0v) is 11.7. The van der Waals surface area contributed by atoms with Crippen molar-refractivity contribution in [2.24, 2.45) is 5.92 Å². The molecule has 0 saturated carbocycles. The molecule has 1 aromatic heterocycles. The van der Waals surface area contributed by atoms with Crippen LogP contribution in [0, 0.1) is 5.92 Å². The number of hydrogen-bond acceptors (Lipinski definition) is 2. The molecule has 1 aromatic rings. The number of aryl methyl sites for hydroxylation is 1. The van der Waals surface area contributed by atoms with Gasteiger partial charge in [0.15, 0.2) is 5.75 Å². The van der Waals surface area contributed by atoms with Crippen molar-refractivity contribution in [2.75, 3.05) is 0 Å². The average Bonchev–Trinajstić information content (AvgIpc) is 2.53. The SMILES string of the molecule is CCCCc1c(O)c(CCC)nn1CC(C)C. The molecule has 0 atom stereocenters. The third kappa shape index (κ3) is 3.76. The highest BCUT2D eigenvalue weighted by Gasteiger charge is 2.16. The first-order chi connectivity index (χ1) is 8.10. The van der Waals surface area contributed by atoms with Gasteiger partial charge in [-0.1, -0.05) is 40.5 Å². The van der Waals surface area contributed by atoms with Gasteiger partial charge in [-0.2, -0.15) is 5.10 Å². The van der Waals surface area contributed by atoms with Gasteiger partial charge in [0.2, 0.25) is 0 Å². The number of aromatic hydroxyl groups is 1. The van der Waals surface area contributed by atoms with E-state index in [1.165, 1.54) is 0 Å². The highest BCUT2D eigenvalue weighted by molar-refractivity contribution is 5.32. The van der Waals surface area contributed by atoms with Crippen molar-refractivity contribution >= 4 is 0 Å². The molecule has 0 aliphatic heterocycles. The second-order valence-electron chi connectivity index (χ2n) is 5.17. The highest BCUT2D eigenvalue weighted by Crippen LogP contribution is 2.25. The van der Waals surface area contributed by atoms with Crippen LogP contribution in [0.15, 0.2) is 0 Å². The smallest absolute Gasteiger partial charge is 0.160 e. The molecule has 0 fully saturated rings. The van der Waals surface area contributed by atoms with Crippen LogP contribution in [0.3, 0.4) is 0 Å². The fourth-order valence-electron chi connectivity index (χ4n) is 2.04. The van der Waals surface area contributed by atoms with Crippen molar-refractivity contribution in [2.45, 2.75) is 66.3 Å². The molecule has 0 aliphatic carbocycles. The molecular formula is C14H26N2O. The third-order valence-electron chi connectivity index (χ3n) is 2.89. The Bertz CT molecular complexity index is 342. The summed E-state index contributed by atoms with van der Waals surface area (Å²) in [6.07, 6.45) is 5.10. The predicted octanol–water partition coefficient (Wildman–Crippen LogP) is 3.54. The van der Waals surface area contributed by atoms with E-state index < -0.39 is 0 Å². The van der Waals surface area contributed by atoms with E-state index in [4.69, 9.17) is 0 Å². The Morgan fingerprint density at radius 2 is 1.88 bits per heavy atom. The molecule has 0 aromatic carbocycles.